The monoisotopic (exact) mass is 416 g/mol. The van der Waals surface area contributed by atoms with E-state index in [-0.39, 0.29) is 12.8 Å². The quantitative estimate of drug-likeness (QED) is 0.520. The molecule has 1 heterocycles. The molecule has 0 bridgehead atoms. The van der Waals surface area contributed by atoms with Crippen LogP contribution in [-0.2, 0) is 11.4 Å². The number of rotatable bonds is 9. The van der Waals surface area contributed by atoms with Crippen molar-refractivity contribution in [3.8, 4) is 17.6 Å². The molecule has 1 atom stereocenters. The van der Waals surface area contributed by atoms with Gasteiger partial charge in [-0.2, -0.15) is 5.26 Å². The van der Waals surface area contributed by atoms with Crippen molar-refractivity contribution in [3.63, 3.8) is 0 Å². The van der Waals surface area contributed by atoms with E-state index in [2.05, 4.69) is 11.1 Å². The summed E-state index contributed by atoms with van der Waals surface area (Å²) in [5.74, 6) is 0.0197. The zero-order chi connectivity index (χ0) is 22.2. The van der Waals surface area contributed by atoms with Gasteiger partial charge in [0.25, 0.3) is 0 Å². The number of carboxylic acid groups (broad SMARTS) is 1. The molecule has 0 saturated heterocycles. The maximum absolute atomic E-state index is 11.2. The van der Waals surface area contributed by atoms with Gasteiger partial charge in [-0.1, -0.05) is 24.3 Å². The van der Waals surface area contributed by atoms with E-state index in [9.17, 15) is 15.2 Å². The Balaban J connectivity index is 1.87. The molecule has 6 nitrogen and oxygen atoms in total. The van der Waals surface area contributed by atoms with Gasteiger partial charge in [0.2, 0.25) is 0 Å². The average molecular weight is 416 g/mol. The molecular weight excluding hydrogens is 392 g/mol. The maximum Gasteiger partial charge on any atom is 0.303 e. The number of hydrogen-bond donors (Lipinski definition) is 1. The summed E-state index contributed by atoms with van der Waals surface area (Å²) >= 11 is 0. The van der Waals surface area contributed by atoms with Crippen LogP contribution in [0.5, 0.6) is 11.5 Å². The zero-order valence-corrected chi connectivity index (χ0v) is 17.5. The standard InChI is InChI=1S/C25H24N2O4/c1-17-5-3-7-22(18(17)2)23(10-11-25(28)29)31-24-13-21(9-8-20(24)14-26)30-16-19-6-4-12-27-15-19/h3-9,12-13,15,23H,10-11,16H2,1-2H3,(H,28,29)/t23-/m0/s1. The van der Waals surface area contributed by atoms with Gasteiger partial charge in [-0.05, 0) is 55.2 Å². The number of ether oxygens (including phenoxy) is 2. The van der Waals surface area contributed by atoms with Crippen LogP contribution in [0.25, 0.3) is 0 Å². The Morgan fingerprint density at radius 3 is 2.74 bits per heavy atom. The van der Waals surface area contributed by atoms with Crippen LogP contribution in [0, 0.1) is 25.2 Å². The molecule has 0 amide bonds. The van der Waals surface area contributed by atoms with Crippen LogP contribution in [0.4, 0.5) is 0 Å². The molecule has 0 unspecified atom stereocenters. The van der Waals surface area contributed by atoms with E-state index in [1.807, 2.05) is 44.2 Å². The SMILES string of the molecule is Cc1cccc([C@H](CCC(=O)O)Oc2cc(OCc3cccnc3)ccc2C#N)c1C. The maximum atomic E-state index is 11.2. The van der Waals surface area contributed by atoms with Crippen LogP contribution in [0.2, 0.25) is 0 Å². The number of nitrogens with zero attached hydrogens (tertiary/aromatic N) is 2. The largest absolute Gasteiger partial charge is 0.489 e. The first-order valence-corrected chi connectivity index (χ1v) is 9.98. The van der Waals surface area contributed by atoms with Gasteiger partial charge in [-0.15, -0.1) is 0 Å². The summed E-state index contributed by atoms with van der Waals surface area (Å²) in [7, 11) is 0. The molecule has 6 heteroatoms. The van der Waals surface area contributed by atoms with Gasteiger partial charge in [-0.25, -0.2) is 0 Å². The molecular formula is C25H24N2O4. The third-order valence-electron chi connectivity index (χ3n) is 5.08. The molecule has 31 heavy (non-hydrogen) atoms. The summed E-state index contributed by atoms with van der Waals surface area (Å²) in [6, 6.07) is 16.8. The fourth-order valence-corrected chi connectivity index (χ4v) is 3.24. The minimum atomic E-state index is -0.895. The summed E-state index contributed by atoms with van der Waals surface area (Å²) in [5.41, 5.74) is 4.33. The van der Waals surface area contributed by atoms with Gasteiger partial charge in [0.05, 0.1) is 5.56 Å². The Hall–Kier alpha value is -3.85. The van der Waals surface area contributed by atoms with E-state index in [4.69, 9.17) is 9.47 Å². The summed E-state index contributed by atoms with van der Waals surface area (Å²) in [6.07, 6.45) is 3.16. The second kappa shape index (κ2) is 10.3. The molecule has 3 aromatic rings. The lowest BCUT2D eigenvalue weighted by atomic mass is 9.96. The molecule has 0 aliphatic carbocycles. The van der Waals surface area contributed by atoms with Gasteiger partial charge in [0, 0.05) is 30.4 Å². The average Bonchev–Trinajstić information content (AvgIpc) is 2.78. The Bertz CT molecular complexity index is 1090. The molecule has 0 aliphatic rings. The van der Waals surface area contributed by atoms with E-state index in [0.29, 0.717) is 23.7 Å². The van der Waals surface area contributed by atoms with Gasteiger partial charge in [-0.3, -0.25) is 9.78 Å². The number of aromatic nitrogens is 1. The number of pyridine rings is 1. The van der Waals surface area contributed by atoms with Crippen LogP contribution in [0.3, 0.4) is 0 Å². The third kappa shape index (κ3) is 5.83. The zero-order valence-electron chi connectivity index (χ0n) is 17.5. The second-order valence-corrected chi connectivity index (χ2v) is 7.25. The lowest BCUT2D eigenvalue weighted by Gasteiger charge is -2.22. The number of carboxylic acids is 1. The van der Waals surface area contributed by atoms with Gasteiger partial charge in [0.1, 0.15) is 30.3 Å². The van der Waals surface area contributed by atoms with Crippen LogP contribution in [0.15, 0.2) is 60.9 Å². The Morgan fingerprint density at radius 2 is 2.03 bits per heavy atom. The fourth-order valence-electron chi connectivity index (χ4n) is 3.24. The van der Waals surface area contributed by atoms with Gasteiger partial charge < -0.3 is 14.6 Å². The highest BCUT2D eigenvalue weighted by atomic mass is 16.5. The highest BCUT2D eigenvalue weighted by Gasteiger charge is 2.20. The molecule has 0 spiro atoms. The summed E-state index contributed by atoms with van der Waals surface area (Å²) in [5, 5.41) is 18.7. The number of carbonyl (C=O) groups is 1. The normalized spacial score (nSPS) is 11.4. The minimum Gasteiger partial charge on any atom is -0.489 e. The van der Waals surface area contributed by atoms with Crippen LogP contribution < -0.4 is 9.47 Å². The fraction of sp³-hybridized carbons (Fsp3) is 0.240. The molecule has 1 aromatic heterocycles. The highest BCUT2D eigenvalue weighted by molar-refractivity contribution is 5.66. The second-order valence-electron chi connectivity index (χ2n) is 7.25. The van der Waals surface area contributed by atoms with E-state index in [1.165, 1.54) is 0 Å². The van der Waals surface area contributed by atoms with Gasteiger partial charge >= 0.3 is 5.97 Å². The van der Waals surface area contributed by atoms with Crippen LogP contribution in [-0.4, -0.2) is 16.1 Å². The Kier molecular flexibility index (Phi) is 7.23. The van der Waals surface area contributed by atoms with E-state index < -0.39 is 12.1 Å². The van der Waals surface area contributed by atoms with Crippen molar-refractivity contribution in [3.05, 3.63) is 88.7 Å². The molecule has 158 valence electrons. The van der Waals surface area contributed by atoms with Crippen molar-refractivity contribution in [2.75, 3.05) is 0 Å². The highest BCUT2D eigenvalue weighted by Crippen LogP contribution is 2.33. The Labute approximate surface area is 181 Å². The van der Waals surface area contributed by atoms with E-state index >= 15 is 0 Å². The topological polar surface area (TPSA) is 92.4 Å². The molecule has 0 radical (unpaired) electrons. The van der Waals surface area contributed by atoms with Crippen molar-refractivity contribution in [1.82, 2.24) is 4.98 Å². The lowest BCUT2D eigenvalue weighted by Crippen LogP contribution is -2.13. The van der Waals surface area contributed by atoms with Crippen molar-refractivity contribution >= 4 is 5.97 Å². The number of nitriles is 1. The van der Waals surface area contributed by atoms with Crippen molar-refractivity contribution in [1.29, 1.82) is 5.26 Å². The number of aliphatic carboxylic acids is 1. The summed E-state index contributed by atoms with van der Waals surface area (Å²) in [4.78, 5) is 15.3. The molecule has 1 N–H and O–H groups in total. The first kappa shape index (κ1) is 21.8. The molecule has 3 rings (SSSR count). The van der Waals surface area contributed by atoms with Crippen molar-refractivity contribution in [2.45, 2.75) is 39.4 Å². The predicted octanol–water partition coefficient (Wildman–Crippen LogP) is 5.13. The number of aryl methyl sites for hydroxylation is 1. The molecule has 0 aliphatic heterocycles. The minimum absolute atomic E-state index is 0.0445. The number of hydrogen-bond acceptors (Lipinski definition) is 5. The third-order valence-corrected chi connectivity index (χ3v) is 5.08. The van der Waals surface area contributed by atoms with Crippen LogP contribution in [0.1, 0.15) is 46.8 Å². The van der Waals surface area contributed by atoms with E-state index in [0.717, 1.165) is 22.3 Å². The first-order valence-electron chi connectivity index (χ1n) is 9.98. The smallest absolute Gasteiger partial charge is 0.303 e. The first-order chi connectivity index (χ1) is 15.0. The van der Waals surface area contributed by atoms with E-state index in [1.54, 1.807) is 30.6 Å². The van der Waals surface area contributed by atoms with Gasteiger partial charge in [0.15, 0.2) is 0 Å². The van der Waals surface area contributed by atoms with Crippen LogP contribution >= 0.6 is 0 Å². The van der Waals surface area contributed by atoms with Crippen molar-refractivity contribution in [2.24, 2.45) is 0 Å². The molecule has 0 fully saturated rings. The Morgan fingerprint density at radius 1 is 1.19 bits per heavy atom. The lowest BCUT2D eigenvalue weighted by molar-refractivity contribution is -0.137. The predicted molar refractivity (Wildman–Crippen MR) is 116 cm³/mol. The molecule has 0 saturated carbocycles. The molecule has 2 aromatic carbocycles. The van der Waals surface area contributed by atoms with Crippen molar-refractivity contribution < 1.29 is 19.4 Å². The summed E-state index contributed by atoms with van der Waals surface area (Å²) in [6.45, 7) is 4.32. The number of benzene rings is 2. The summed E-state index contributed by atoms with van der Waals surface area (Å²) < 4.78 is 12.1.